The van der Waals surface area contributed by atoms with Crippen molar-refractivity contribution in [2.45, 2.75) is 121 Å². The lowest BCUT2D eigenvalue weighted by atomic mass is 9.75. The SMILES string of the molecule is O=C(CC(c1cn(CC2CCCCC2)c2ccccc12)C1CCCCC1)NC1CCCCC1. The minimum Gasteiger partial charge on any atom is -0.353 e. The molecule has 1 N–H and O–H groups in total. The number of carbonyl (C=O) groups is 1. The molecule has 3 nitrogen and oxygen atoms in total. The van der Waals surface area contributed by atoms with Crippen molar-refractivity contribution < 1.29 is 4.79 Å². The summed E-state index contributed by atoms with van der Waals surface area (Å²) in [6.07, 6.45) is 22.8. The summed E-state index contributed by atoms with van der Waals surface area (Å²) in [4.78, 5) is 13.3. The molecule has 0 bridgehead atoms. The van der Waals surface area contributed by atoms with Gasteiger partial charge in [-0.05, 0) is 67.9 Å². The van der Waals surface area contributed by atoms with Crippen LogP contribution >= 0.6 is 0 Å². The highest BCUT2D eigenvalue weighted by molar-refractivity contribution is 5.86. The Morgan fingerprint density at radius 3 is 2.21 bits per heavy atom. The van der Waals surface area contributed by atoms with Crippen LogP contribution in [0.25, 0.3) is 10.9 Å². The molecule has 0 aliphatic heterocycles. The first kappa shape index (κ1) is 23.0. The molecular weight excluding hydrogens is 404 g/mol. The summed E-state index contributed by atoms with van der Waals surface area (Å²) in [7, 11) is 0. The Kier molecular flexibility index (Phi) is 7.74. The van der Waals surface area contributed by atoms with E-state index in [1.807, 2.05) is 0 Å². The fourth-order valence-corrected chi connectivity index (χ4v) is 7.17. The summed E-state index contributed by atoms with van der Waals surface area (Å²) >= 11 is 0. The monoisotopic (exact) mass is 448 g/mol. The lowest BCUT2D eigenvalue weighted by molar-refractivity contribution is -0.122. The highest BCUT2D eigenvalue weighted by atomic mass is 16.1. The molecule has 3 heteroatoms. The Morgan fingerprint density at radius 2 is 1.48 bits per heavy atom. The smallest absolute Gasteiger partial charge is 0.220 e. The van der Waals surface area contributed by atoms with Crippen LogP contribution in [0.2, 0.25) is 0 Å². The topological polar surface area (TPSA) is 34.0 Å². The van der Waals surface area contributed by atoms with E-state index in [2.05, 4.69) is 40.3 Å². The average molecular weight is 449 g/mol. The van der Waals surface area contributed by atoms with Crippen molar-refractivity contribution >= 4 is 16.8 Å². The fraction of sp³-hybridized carbons (Fsp3) is 0.700. The Labute approximate surface area is 200 Å². The number of hydrogen-bond donors (Lipinski definition) is 1. The summed E-state index contributed by atoms with van der Waals surface area (Å²) in [6.45, 7) is 1.15. The van der Waals surface area contributed by atoms with E-state index in [9.17, 15) is 4.79 Å². The Morgan fingerprint density at radius 1 is 0.848 bits per heavy atom. The number of nitrogens with one attached hydrogen (secondary N) is 1. The van der Waals surface area contributed by atoms with Crippen LogP contribution < -0.4 is 5.32 Å². The van der Waals surface area contributed by atoms with Crippen LogP contribution in [-0.4, -0.2) is 16.5 Å². The summed E-state index contributed by atoms with van der Waals surface area (Å²) in [5, 5.41) is 4.83. The molecule has 1 atom stereocenters. The molecule has 33 heavy (non-hydrogen) atoms. The highest BCUT2D eigenvalue weighted by Crippen LogP contribution is 2.42. The van der Waals surface area contributed by atoms with Gasteiger partial charge in [-0.3, -0.25) is 4.79 Å². The van der Waals surface area contributed by atoms with Gasteiger partial charge >= 0.3 is 0 Å². The van der Waals surface area contributed by atoms with Gasteiger partial charge in [0.25, 0.3) is 0 Å². The van der Waals surface area contributed by atoms with Gasteiger partial charge in [0.15, 0.2) is 0 Å². The van der Waals surface area contributed by atoms with E-state index in [4.69, 9.17) is 0 Å². The lowest BCUT2D eigenvalue weighted by Gasteiger charge is -2.31. The standard InChI is InChI=1S/C30H44N2O/c33-30(31-25-16-8-3-9-17-25)20-27(24-14-6-2-7-15-24)28-22-32(21-23-12-4-1-5-13-23)29-19-11-10-18-26(28)29/h10-11,18-19,22-25,27H,1-9,12-17,20-21H2,(H,31,33). The first-order valence-electron chi connectivity index (χ1n) is 14.1. The van der Waals surface area contributed by atoms with E-state index >= 15 is 0 Å². The average Bonchev–Trinajstić information content (AvgIpc) is 3.22. The van der Waals surface area contributed by atoms with Crippen molar-refractivity contribution in [3.63, 3.8) is 0 Å². The number of rotatable bonds is 7. The third-order valence-electron chi connectivity index (χ3n) is 8.99. The molecule has 1 heterocycles. The molecular formula is C30H44N2O. The van der Waals surface area contributed by atoms with Crippen LogP contribution in [0.4, 0.5) is 0 Å². The normalized spacial score (nSPS) is 22.4. The van der Waals surface area contributed by atoms with Gasteiger partial charge in [0.1, 0.15) is 0 Å². The van der Waals surface area contributed by atoms with Gasteiger partial charge in [-0.2, -0.15) is 0 Å². The number of fused-ring (bicyclic) bond motifs is 1. The Balaban J connectivity index is 1.41. The molecule has 1 amide bonds. The number of carbonyl (C=O) groups excluding carboxylic acids is 1. The summed E-state index contributed by atoms with van der Waals surface area (Å²) in [6, 6.07) is 9.41. The predicted molar refractivity (Wildman–Crippen MR) is 137 cm³/mol. The van der Waals surface area contributed by atoms with Gasteiger partial charge in [-0.1, -0.05) is 76.0 Å². The second-order valence-corrected chi connectivity index (χ2v) is 11.4. The molecule has 3 saturated carbocycles. The zero-order valence-electron chi connectivity index (χ0n) is 20.6. The highest BCUT2D eigenvalue weighted by Gasteiger charge is 2.31. The molecule has 3 fully saturated rings. The maximum absolute atomic E-state index is 13.3. The van der Waals surface area contributed by atoms with Crippen LogP contribution in [0.1, 0.15) is 114 Å². The number of amides is 1. The number of hydrogen-bond acceptors (Lipinski definition) is 1. The van der Waals surface area contributed by atoms with Gasteiger partial charge in [0.2, 0.25) is 5.91 Å². The first-order chi connectivity index (χ1) is 16.3. The quantitative estimate of drug-likeness (QED) is 0.462. The van der Waals surface area contributed by atoms with Crippen molar-refractivity contribution in [2.75, 3.05) is 0 Å². The molecule has 0 saturated heterocycles. The van der Waals surface area contributed by atoms with Crippen molar-refractivity contribution in [1.29, 1.82) is 0 Å². The lowest BCUT2D eigenvalue weighted by Crippen LogP contribution is -2.37. The van der Waals surface area contributed by atoms with Crippen molar-refractivity contribution in [2.24, 2.45) is 11.8 Å². The van der Waals surface area contributed by atoms with Gasteiger partial charge in [-0.25, -0.2) is 0 Å². The van der Waals surface area contributed by atoms with Crippen molar-refractivity contribution in [3.8, 4) is 0 Å². The van der Waals surface area contributed by atoms with Crippen LogP contribution in [0, 0.1) is 11.8 Å². The molecule has 1 aromatic heterocycles. The number of benzene rings is 1. The third kappa shape index (κ3) is 5.66. The molecule has 5 rings (SSSR count). The molecule has 1 unspecified atom stereocenters. The van der Waals surface area contributed by atoms with Crippen LogP contribution in [-0.2, 0) is 11.3 Å². The zero-order valence-corrected chi connectivity index (χ0v) is 20.6. The molecule has 2 aromatic rings. The zero-order chi connectivity index (χ0) is 22.5. The minimum atomic E-state index is 0.293. The van der Waals surface area contributed by atoms with Gasteiger partial charge in [0.05, 0.1) is 0 Å². The van der Waals surface area contributed by atoms with Crippen LogP contribution in [0.5, 0.6) is 0 Å². The molecule has 0 spiro atoms. The van der Waals surface area contributed by atoms with E-state index in [0.29, 0.717) is 30.2 Å². The second kappa shape index (κ2) is 11.1. The van der Waals surface area contributed by atoms with Crippen LogP contribution in [0.15, 0.2) is 30.5 Å². The van der Waals surface area contributed by atoms with E-state index in [-0.39, 0.29) is 0 Å². The number of para-hydroxylation sites is 1. The maximum Gasteiger partial charge on any atom is 0.220 e. The predicted octanol–water partition coefficient (Wildman–Crippen LogP) is 7.72. The van der Waals surface area contributed by atoms with E-state index < -0.39 is 0 Å². The molecule has 3 aliphatic rings. The third-order valence-corrected chi connectivity index (χ3v) is 8.99. The number of nitrogens with zero attached hydrogens (tertiary/aromatic N) is 1. The van der Waals surface area contributed by atoms with Gasteiger partial charge < -0.3 is 9.88 Å². The van der Waals surface area contributed by atoms with E-state index in [1.54, 1.807) is 0 Å². The molecule has 1 aromatic carbocycles. The van der Waals surface area contributed by atoms with Crippen molar-refractivity contribution in [3.05, 3.63) is 36.0 Å². The molecule has 3 aliphatic carbocycles. The van der Waals surface area contributed by atoms with E-state index in [0.717, 1.165) is 12.5 Å². The summed E-state index contributed by atoms with van der Waals surface area (Å²) < 4.78 is 2.55. The summed E-state index contributed by atoms with van der Waals surface area (Å²) in [5.74, 6) is 2.10. The van der Waals surface area contributed by atoms with Gasteiger partial charge in [0, 0.05) is 36.1 Å². The molecule has 0 radical (unpaired) electrons. The van der Waals surface area contributed by atoms with Crippen LogP contribution in [0.3, 0.4) is 0 Å². The van der Waals surface area contributed by atoms with Gasteiger partial charge in [-0.15, -0.1) is 0 Å². The fourth-order valence-electron chi connectivity index (χ4n) is 7.17. The first-order valence-corrected chi connectivity index (χ1v) is 14.1. The minimum absolute atomic E-state index is 0.293. The second-order valence-electron chi connectivity index (χ2n) is 11.4. The number of aromatic nitrogens is 1. The Bertz CT molecular complexity index is 897. The Hall–Kier alpha value is -1.77. The molecule has 180 valence electrons. The maximum atomic E-state index is 13.3. The largest absolute Gasteiger partial charge is 0.353 e. The van der Waals surface area contributed by atoms with Crippen molar-refractivity contribution in [1.82, 2.24) is 9.88 Å². The van der Waals surface area contributed by atoms with E-state index in [1.165, 1.54) is 113 Å². The summed E-state index contributed by atoms with van der Waals surface area (Å²) in [5.41, 5.74) is 2.83.